The number of amides is 3. The van der Waals surface area contributed by atoms with Gasteiger partial charge in [-0.3, -0.25) is 4.79 Å². The molecule has 6 nitrogen and oxygen atoms in total. The Hall–Kier alpha value is -0.950. The molecule has 0 rings (SSSR count). The smallest absolute Gasteiger partial charge is 0.312 e. The summed E-state index contributed by atoms with van der Waals surface area (Å²) in [5.74, 6) is 1.43. The zero-order valence-corrected chi connectivity index (χ0v) is 11.8. The van der Waals surface area contributed by atoms with E-state index in [9.17, 15) is 9.59 Å². The van der Waals surface area contributed by atoms with Crippen LogP contribution in [0.3, 0.4) is 0 Å². The molecule has 1 atom stereocenters. The molecule has 0 saturated heterocycles. The quantitative estimate of drug-likeness (QED) is 0.442. The Bertz CT molecular complexity index is 262. The van der Waals surface area contributed by atoms with Crippen molar-refractivity contribution >= 4 is 23.7 Å². The zero-order chi connectivity index (χ0) is 14.0. The van der Waals surface area contributed by atoms with Gasteiger partial charge in [-0.1, -0.05) is 13.8 Å². The molecule has 3 amide bonds. The van der Waals surface area contributed by atoms with E-state index in [0.29, 0.717) is 6.54 Å². The number of hydrogen-bond donors (Lipinski definition) is 4. The summed E-state index contributed by atoms with van der Waals surface area (Å²) in [4.78, 5) is 22.5. The SMILES string of the molecule is CC(C)C(NC(N)=O)C(=O)NCCSCCCO. The summed E-state index contributed by atoms with van der Waals surface area (Å²) in [6, 6.07) is -1.29. The van der Waals surface area contributed by atoms with Gasteiger partial charge in [0.2, 0.25) is 5.91 Å². The molecule has 0 fully saturated rings. The predicted molar refractivity (Wildman–Crippen MR) is 73.4 cm³/mol. The molecule has 106 valence electrons. The standard InChI is InChI=1S/C11H23N3O3S/c1-8(2)9(14-11(12)17)10(16)13-4-7-18-6-3-5-15/h8-9,15H,3-7H2,1-2H3,(H,13,16)(H3,12,14,17). The number of carbonyl (C=O) groups is 2. The number of urea groups is 1. The number of carbonyl (C=O) groups excluding carboxylic acids is 2. The van der Waals surface area contributed by atoms with Crippen LogP contribution in [0.1, 0.15) is 20.3 Å². The first-order valence-electron chi connectivity index (χ1n) is 6.01. The average Bonchev–Trinajstić information content (AvgIpc) is 2.29. The molecule has 0 saturated carbocycles. The van der Waals surface area contributed by atoms with Crippen LogP contribution in [0.4, 0.5) is 4.79 Å². The topological polar surface area (TPSA) is 104 Å². The second kappa shape index (κ2) is 10.0. The second-order valence-electron chi connectivity index (χ2n) is 4.21. The van der Waals surface area contributed by atoms with Crippen molar-refractivity contribution in [1.82, 2.24) is 10.6 Å². The summed E-state index contributed by atoms with van der Waals surface area (Å²) in [6.45, 7) is 4.42. The maximum absolute atomic E-state index is 11.8. The van der Waals surface area contributed by atoms with Crippen molar-refractivity contribution in [3.05, 3.63) is 0 Å². The summed E-state index contributed by atoms with van der Waals surface area (Å²) in [5.41, 5.74) is 5.02. The van der Waals surface area contributed by atoms with E-state index in [4.69, 9.17) is 10.8 Å². The van der Waals surface area contributed by atoms with E-state index < -0.39 is 12.1 Å². The molecule has 0 aliphatic heterocycles. The van der Waals surface area contributed by atoms with Crippen LogP contribution in [-0.2, 0) is 4.79 Å². The lowest BCUT2D eigenvalue weighted by Crippen LogP contribution is -2.51. The van der Waals surface area contributed by atoms with Gasteiger partial charge in [-0.15, -0.1) is 0 Å². The molecule has 0 aromatic heterocycles. The Kier molecular flexibility index (Phi) is 9.49. The molecule has 0 spiro atoms. The molecule has 18 heavy (non-hydrogen) atoms. The van der Waals surface area contributed by atoms with E-state index in [0.717, 1.165) is 17.9 Å². The zero-order valence-electron chi connectivity index (χ0n) is 10.9. The van der Waals surface area contributed by atoms with Gasteiger partial charge in [0.25, 0.3) is 0 Å². The molecule has 0 aliphatic carbocycles. The summed E-state index contributed by atoms with van der Waals surface area (Å²) < 4.78 is 0. The molecule has 1 unspecified atom stereocenters. The first-order valence-corrected chi connectivity index (χ1v) is 7.16. The van der Waals surface area contributed by atoms with Gasteiger partial charge in [0.15, 0.2) is 0 Å². The van der Waals surface area contributed by atoms with E-state index in [2.05, 4.69) is 10.6 Å². The Morgan fingerprint density at radius 1 is 1.33 bits per heavy atom. The Balaban J connectivity index is 3.85. The fourth-order valence-corrected chi connectivity index (χ4v) is 2.10. The molecule has 0 radical (unpaired) electrons. The average molecular weight is 277 g/mol. The molecule has 0 aromatic carbocycles. The van der Waals surface area contributed by atoms with E-state index >= 15 is 0 Å². The fraction of sp³-hybridized carbons (Fsp3) is 0.818. The van der Waals surface area contributed by atoms with Crippen LogP contribution in [0.2, 0.25) is 0 Å². The van der Waals surface area contributed by atoms with Gasteiger partial charge in [-0.25, -0.2) is 4.79 Å². The Morgan fingerprint density at radius 2 is 2.00 bits per heavy atom. The van der Waals surface area contributed by atoms with Gasteiger partial charge >= 0.3 is 6.03 Å². The van der Waals surface area contributed by atoms with Crippen LogP contribution in [0.25, 0.3) is 0 Å². The normalized spacial score (nSPS) is 12.2. The number of rotatable bonds is 9. The van der Waals surface area contributed by atoms with Crippen LogP contribution in [-0.4, -0.2) is 47.7 Å². The lowest BCUT2D eigenvalue weighted by atomic mass is 10.0. The molecule has 5 N–H and O–H groups in total. The van der Waals surface area contributed by atoms with Crippen LogP contribution >= 0.6 is 11.8 Å². The fourth-order valence-electron chi connectivity index (χ4n) is 1.31. The van der Waals surface area contributed by atoms with E-state index in [1.54, 1.807) is 11.8 Å². The van der Waals surface area contributed by atoms with Crippen molar-refractivity contribution in [2.45, 2.75) is 26.3 Å². The second-order valence-corrected chi connectivity index (χ2v) is 5.44. The Labute approximate surface area is 112 Å². The molecule has 7 heteroatoms. The van der Waals surface area contributed by atoms with Crippen molar-refractivity contribution in [1.29, 1.82) is 0 Å². The van der Waals surface area contributed by atoms with E-state index in [1.165, 1.54) is 0 Å². The highest BCUT2D eigenvalue weighted by Crippen LogP contribution is 2.03. The number of nitrogens with one attached hydrogen (secondary N) is 2. The minimum atomic E-state index is -0.693. The molecule has 0 aromatic rings. The highest BCUT2D eigenvalue weighted by molar-refractivity contribution is 7.99. The Morgan fingerprint density at radius 3 is 2.50 bits per heavy atom. The van der Waals surface area contributed by atoms with Gasteiger partial charge in [0, 0.05) is 18.9 Å². The maximum Gasteiger partial charge on any atom is 0.312 e. The number of primary amides is 1. The first-order chi connectivity index (χ1) is 8.49. The number of thioether (sulfide) groups is 1. The van der Waals surface area contributed by atoms with Gasteiger partial charge in [0.1, 0.15) is 6.04 Å². The van der Waals surface area contributed by atoms with Gasteiger partial charge in [-0.05, 0) is 18.1 Å². The maximum atomic E-state index is 11.8. The van der Waals surface area contributed by atoms with Gasteiger partial charge in [0.05, 0.1) is 0 Å². The van der Waals surface area contributed by atoms with Crippen molar-refractivity contribution in [3.8, 4) is 0 Å². The first kappa shape index (κ1) is 17.1. The highest BCUT2D eigenvalue weighted by atomic mass is 32.2. The monoisotopic (exact) mass is 277 g/mol. The molecular formula is C11H23N3O3S. The van der Waals surface area contributed by atoms with Crippen molar-refractivity contribution in [3.63, 3.8) is 0 Å². The third-order valence-corrected chi connectivity index (χ3v) is 3.31. The number of hydrogen-bond acceptors (Lipinski definition) is 4. The third-order valence-electron chi connectivity index (χ3n) is 2.24. The summed E-state index contributed by atoms with van der Waals surface area (Å²) in [5, 5.41) is 13.8. The molecular weight excluding hydrogens is 254 g/mol. The lowest BCUT2D eigenvalue weighted by Gasteiger charge is -2.20. The summed E-state index contributed by atoms with van der Waals surface area (Å²) in [7, 11) is 0. The van der Waals surface area contributed by atoms with Crippen molar-refractivity contribution in [2.75, 3.05) is 24.7 Å². The van der Waals surface area contributed by atoms with Crippen LogP contribution in [0, 0.1) is 5.92 Å². The summed E-state index contributed by atoms with van der Waals surface area (Å²) >= 11 is 1.67. The summed E-state index contributed by atoms with van der Waals surface area (Å²) in [6.07, 6.45) is 0.760. The minimum Gasteiger partial charge on any atom is -0.396 e. The third kappa shape index (κ3) is 8.19. The number of aliphatic hydroxyl groups excluding tert-OH is 1. The lowest BCUT2D eigenvalue weighted by molar-refractivity contribution is -0.123. The van der Waals surface area contributed by atoms with Gasteiger partial charge in [-0.2, -0.15) is 11.8 Å². The van der Waals surface area contributed by atoms with E-state index in [-0.39, 0.29) is 18.4 Å². The molecule has 0 aliphatic rings. The van der Waals surface area contributed by atoms with Crippen LogP contribution in [0.5, 0.6) is 0 Å². The van der Waals surface area contributed by atoms with Crippen LogP contribution in [0.15, 0.2) is 0 Å². The molecule has 0 bridgehead atoms. The van der Waals surface area contributed by atoms with E-state index in [1.807, 2.05) is 13.8 Å². The number of aliphatic hydroxyl groups is 1. The van der Waals surface area contributed by atoms with Crippen molar-refractivity contribution < 1.29 is 14.7 Å². The van der Waals surface area contributed by atoms with Crippen LogP contribution < -0.4 is 16.4 Å². The number of nitrogens with two attached hydrogens (primary N) is 1. The van der Waals surface area contributed by atoms with Gasteiger partial charge < -0.3 is 21.5 Å². The predicted octanol–water partition coefficient (Wildman–Crippen LogP) is -0.0889. The molecule has 0 heterocycles. The van der Waals surface area contributed by atoms with Crippen molar-refractivity contribution in [2.24, 2.45) is 11.7 Å². The highest BCUT2D eigenvalue weighted by Gasteiger charge is 2.22. The largest absolute Gasteiger partial charge is 0.396 e. The minimum absolute atomic E-state index is 0.0143.